The maximum atomic E-state index is 14.2. The Bertz CT molecular complexity index is 800. The van der Waals surface area contributed by atoms with E-state index in [1.54, 1.807) is 25.2 Å². The lowest BCUT2D eigenvalue weighted by Crippen LogP contribution is -2.18. The Morgan fingerprint density at radius 3 is 2.52 bits per heavy atom. The molecule has 1 N–H and O–H groups in total. The summed E-state index contributed by atoms with van der Waals surface area (Å²) in [6.07, 6.45) is 0. The standard InChI is InChI=1S/C16H12Cl2FNO/c1-20-15(10-5-3-6-11(17)14(10)19)13-8-9-4-2-7-12(18)16(9)21-13/h2-8,15,20H,1H3. The lowest BCUT2D eigenvalue weighted by atomic mass is 10.0. The number of nitrogens with one attached hydrogen (secondary N) is 1. The van der Waals surface area contributed by atoms with Gasteiger partial charge in [-0.05, 0) is 25.2 Å². The van der Waals surface area contributed by atoms with Crippen molar-refractivity contribution in [3.05, 3.63) is 69.7 Å². The zero-order valence-corrected chi connectivity index (χ0v) is 12.7. The minimum Gasteiger partial charge on any atom is -0.457 e. The molecule has 0 aliphatic carbocycles. The van der Waals surface area contributed by atoms with Gasteiger partial charge in [-0.1, -0.05) is 47.5 Å². The van der Waals surface area contributed by atoms with E-state index in [-0.39, 0.29) is 5.02 Å². The fourth-order valence-electron chi connectivity index (χ4n) is 2.38. The number of halogens is 3. The third-order valence-electron chi connectivity index (χ3n) is 3.38. The molecule has 0 aliphatic rings. The molecule has 2 nitrogen and oxygen atoms in total. The predicted molar refractivity (Wildman–Crippen MR) is 83.5 cm³/mol. The molecule has 0 saturated carbocycles. The van der Waals surface area contributed by atoms with Gasteiger partial charge in [0.15, 0.2) is 5.58 Å². The van der Waals surface area contributed by atoms with Crippen LogP contribution in [0.1, 0.15) is 17.4 Å². The third-order valence-corrected chi connectivity index (χ3v) is 3.97. The van der Waals surface area contributed by atoms with E-state index >= 15 is 0 Å². The molecule has 0 bridgehead atoms. The van der Waals surface area contributed by atoms with Crippen LogP contribution >= 0.6 is 23.2 Å². The van der Waals surface area contributed by atoms with E-state index in [0.29, 0.717) is 21.9 Å². The van der Waals surface area contributed by atoms with Gasteiger partial charge in [0.2, 0.25) is 0 Å². The summed E-state index contributed by atoms with van der Waals surface area (Å²) >= 11 is 12.0. The highest BCUT2D eigenvalue weighted by Gasteiger charge is 2.21. The van der Waals surface area contributed by atoms with Gasteiger partial charge < -0.3 is 9.73 Å². The molecule has 1 atom stereocenters. The molecule has 1 aromatic heterocycles. The van der Waals surface area contributed by atoms with E-state index < -0.39 is 11.9 Å². The molecular formula is C16H12Cl2FNO. The quantitative estimate of drug-likeness (QED) is 0.717. The van der Waals surface area contributed by atoms with Crippen LogP contribution in [0, 0.1) is 5.82 Å². The highest BCUT2D eigenvalue weighted by atomic mass is 35.5. The van der Waals surface area contributed by atoms with Gasteiger partial charge in [-0.3, -0.25) is 0 Å². The fraction of sp³-hybridized carbons (Fsp3) is 0.125. The summed E-state index contributed by atoms with van der Waals surface area (Å²) < 4.78 is 20.0. The third kappa shape index (κ3) is 2.53. The number of rotatable bonds is 3. The second kappa shape index (κ2) is 5.68. The molecule has 3 aromatic rings. The van der Waals surface area contributed by atoms with Gasteiger partial charge in [-0.25, -0.2) is 4.39 Å². The average Bonchev–Trinajstić information content (AvgIpc) is 2.89. The first-order chi connectivity index (χ1) is 10.1. The molecule has 0 spiro atoms. The highest BCUT2D eigenvalue weighted by molar-refractivity contribution is 6.34. The second-order valence-corrected chi connectivity index (χ2v) is 5.49. The summed E-state index contributed by atoms with van der Waals surface area (Å²) in [4.78, 5) is 0. The van der Waals surface area contributed by atoms with Gasteiger partial charge in [0, 0.05) is 10.9 Å². The van der Waals surface area contributed by atoms with Crippen LogP contribution in [0.25, 0.3) is 11.0 Å². The Hall–Kier alpha value is -1.55. The van der Waals surface area contributed by atoms with Crippen molar-refractivity contribution in [1.29, 1.82) is 0 Å². The summed E-state index contributed by atoms with van der Waals surface area (Å²) in [5.74, 6) is 0.131. The van der Waals surface area contributed by atoms with Gasteiger partial charge in [0.25, 0.3) is 0 Å². The molecule has 1 heterocycles. The molecule has 5 heteroatoms. The molecule has 1 unspecified atom stereocenters. The number of fused-ring (bicyclic) bond motifs is 1. The smallest absolute Gasteiger partial charge is 0.152 e. The van der Waals surface area contributed by atoms with Crippen molar-refractivity contribution < 1.29 is 8.81 Å². The van der Waals surface area contributed by atoms with Crippen LogP contribution in [-0.2, 0) is 0 Å². The van der Waals surface area contributed by atoms with Crippen LogP contribution in [0.3, 0.4) is 0 Å². The summed E-state index contributed by atoms with van der Waals surface area (Å²) in [5, 5.41) is 4.54. The second-order valence-electron chi connectivity index (χ2n) is 4.67. The van der Waals surface area contributed by atoms with Crippen molar-refractivity contribution in [3.63, 3.8) is 0 Å². The molecule has 2 aromatic carbocycles. The Labute approximate surface area is 131 Å². The first-order valence-corrected chi connectivity index (χ1v) is 7.16. The zero-order chi connectivity index (χ0) is 15.0. The van der Waals surface area contributed by atoms with E-state index in [1.807, 2.05) is 18.2 Å². The largest absolute Gasteiger partial charge is 0.457 e. The average molecular weight is 324 g/mol. The molecule has 0 saturated heterocycles. The van der Waals surface area contributed by atoms with Crippen molar-refractivity contribution in [2.24, 2.45) is 0 Å². The van der Waals surface area contributed by atoms with Crippen LogP contribution in [-0.4, -0.2) is 7.05 Å². The predicted octanol–water partition coefficient (Wildman–Crippen LogP) is 5.19. The van der Waals surface area contributed by atoms with Crippen molar-refractivity contribution in [2.75, 3.05) is 7.05 Å². The van der Waals surface area contributed by atoms with Gasteiger partial charge in [-0.2, -0.15) is 0 Å². The van der Waals surface area contributed by atoms with Crippen LogP contribution in [0.2, 0.25) is 10.0 Å². The summed E-state index contributed by atoms with van der Waals surface area (Å²) in [7, 11) is 1.74. The molecule has 0 amide bonds. The van der Waals surface area contributed by atoms with Gasteiger partial charge in [0.1, 0.15) is 11.6 Å². The summed E-state index contributed by atoms with van der Waals surface area (Å²) in [6, 6.07) is 11.8. The minimum atomic E-state index is -0.454. The number of furan rings is 1. The van der Waals surface area contributed by atoms with Crippen molar-refractivity contribution in [2.45, 2.75) is 6.04 Å². The molecule has 108 valence electrons. The van der Waals surface area contributed by atoms with Crippen LogP contribution < -0.4 is 5.32 Å². The summed E-state index contributed by atoms with van der Waals surface area (Å²) in [6.45, 7) is 0. The number of hydrogen-bond acceptors (Lipinski definition) is 2. The normalized spacial score (nSPS) is 12.8. The Morgan fingerprint density at radius 2 is 1.81 bits per heavy atom. The van der Waals surface area contributed by atoms with E-state index in [9.17, 15) is 4.39 Å². The maximum Gasteiger partial charge on any atom is 0.152 e. The lowest BCUT2D eigenvalue weighted by molar-refractivity contribution is 0.476. The van der Waals surface area contributed by atoms with Gasteiger partial charge in [-0.15, -0.1) is 0 Å². The SMILES string of the molecule is CNC(c1cc2cccc(Cl)c2o1)c1cccc(Cl)c1F. The van der Waals surface area contributed by atoms with E-state index in [2.05, 4.69) is 5.32 Å². The van der Waals surface area contributed by atoms with Crippen molar-refractivity contribution in [3.8, 4) is 0 Å². The monoisotopic (exact) mass is 323 g/mol. The van der Waals surface area contributed by atoms with Crippen LogP contribution in [0.4, 0.5) is 4.39 Å². The molecule has 0 aliphatic heterocycles. The molecule has 0 fully saturated rings. The molecule has 0 radical (unpaired) electrons. The highest BCUT2D eigenvalue weighted by Crippen LogP contribution is 2.33. The van der Waals surface area contributed by atoms with E-state index in [1.165, 1.54) is 6.07 Å². The number of benzene rings is 2. The van der Waals surface area contributed by atoms with Crippen molar-refractivity contribution in [1.82, 2.24) is 5.32 Å². The lowest BCUT2D eigenvalue weighted by Gasteiger charge is -2.15. The Kier molecular flexibility index (Phi) is 3.89. The fourth-order valence-corrected chi connectivity index (χ4v) is 2.79. The molecule has 21 heavy (non-hydrogen) atoms. The molecule has 3 rings (SSSR count). The summed E-state index contributed by atoms with van der Waals surface area (Å²) in [5.41, 5.74) is 1.03. The van der Waals surface area contributed by atoms with Gasteiger partial charge in [0.05, 0.1) is 16.1 Å². The van der Waals surface area contributed by atoms with Gasteiger partial charge >= 0.3 is 0 Å². The Balaban J connectivity index is 2.14. The zero-order valence-electron chi connectivity index (χ0n) is 11.2. The van der Waals surface area contributed by atoms with E-state index in [4.69, 9.17) is 27.6 Å². The van der Waals surface area contributed by atoms with Crippen molar-refractivity contribution >= 4 is 34.2 Å². The minimum absolute atomic E-state index is 0.0851. The Morgan fingerprint density at radius 1 is 1.10 bits per heavy atom. The van der Waals surface area contributed by atoms with Crippen LogP contribution in [0.5, 0.6) is 0 Å². The first kappa shape index (κ1) is 14.4. The number of hydrogen-bond donors (Lipinski definition) is 1. The first-order valence-electron chi connectivity index (χ1n) is 6.41. The molecular weight excluding hydrogens is 312 g/mol. The van der Waals surface area contributed by atoms with E-state index in [0.717, 1.165) is 5.39 Å². The number of para-hydroxylation sites is 1. The van der Waals surface area contributed by atoms with Crippen LogP contribution in [0.15, 0.2) is 46.9 Å². The maximum absolute atomic E-state index is 14.2. The topological polar surface area (TPSA) is 25.2 Å².